The van der Waals surface area contributed by atoms with E-state index in [1.165, 1.54) is 6.07 Å². The van der Waals surface area contributed by atoms with Crippen molar-refractivity contribution in [1.29, 1.82) is 5.26 Å². The van der Waals surface area contributed by atoms with Crippen molar-refractivity contribution in [2.24, 2.45) is 5.92 Å². The standard InChI is InChI=1S/C9H13F3N2O/c1-14(8-2-3-15-6-8)5-7(4-13)9(10,11)12/h7-8H,2-3,5-6H2,1H3. The van der Waals surface area contributed by atoms with E-state index in [0.717, 1.165) is 6.42 Å². The summed E-state index contributed by atoms with van der Waals surface area (Å²) in [6.45, 7) is 0.749. The first-order chi connectivity index (χ1) is 6.95. The van der Waals surface area contributed by atoms with E-state index in [2.05, 4.69) is 0 Å². The molecule has 0 bridgehead atoms. The molecule has 0 spiro atoms. The molecule has 3 nitrogen and oxygen atoms in total. The Morgan fingerprint density at radius 2 is 2.27 bits per heavy atom. The number of hydrogen-bond donors (Lipinski definition) is 0. The smallest absolute Gasteiger partial charge is 0.380 e. The van der Waals surface area contributed by atoms with Gasteiger partial charge in [-0.05, 0) is 13.5 Å². The van der Waals surface area contributed by atoms with Gasteiger partial charge in [-0.2, -0.15) is 18.4 Å². The predicted molar refractivity (Wildman–Crippen MR) is 47.0 cm³/mol. The fourth-order valence-electron chi connectivity index (χ4n) is 1.52. The van der Waals surface area contributed by atoms with E-state index in [0.29, 0.717) is 13.2 Å². The van der Waals surface area contributed by atoms with Crippen molar-refractivity contribution < 1.29 is 17.9 Å². The summed E-state index contributed by atoms with van der Waals surface area (Å²) in [5, 5.41) is 8.43. The van der Waals surface area contributed by atoms with E-state index in [9.17, 15) is 13.2 Å². The lowest BCUT2D eigenvalue weighted by atomic mass is 10.1. The predicted octanol–water partition coefficient (Wildman–Crippen LogP) is 1.41. The van der Waals surface area contributed by atoms with Crippen LogP contribution < -0.4 is 0 Å². The second-order valence-corrected chi connectivity index (χ2v) is 3.68. The molecular formula is C9H13F3N2O. The zero-order valence-corrected chi connectivity index (χ0v) is 8.42. The van der Waals surface area contributed by atoms with E-state index in [1.807, 2.05) is 0 Å². The first-order valence-electron chi connectivity index (χ1n) is 4.69. The van der Waals surface area contributed by atoms with Crippen LogP contribution in [0.3, 0.4) is 0 Å². The average molecular weight is 222 g/mol. The van der Waals surface area contributed by atoms with Crippen molar-refractivity contribution in [1.82, 2.24) is 4.90 Å². The molecule has 2 unspecified atom stereocenters. The Kier molecular flexibility index (Phi) is 3.94. The molecule has 6 heteroatoms. The van der Waals surface area contributed by atoms with Crippen LogP contribution in [-0.2, 0) is 4.74 Å². The molecule has 1 aliphatic heterocycles. The summed E-state index contributed by atoms with van der Waals surface area (Å²) in [7, 11) is 1.59. The Bertz CT molecular complexity index is 243. The summed E-state index contributed by atoms with van der Waals surface area (Å²) < 4.78 is 41.9. The molecule has 0 aliphatic carbocycles. The molecule has 0 aromatic rings. The third-order valence-electron chi connectivity index (χ3n) is 2.55. The summed E-state index contributed by atoms with van der Waals surface area (Å²) >= 11 is 0. The van der Waals surface area contributed by atoms with Crippen LogP contribution >= 0.6 is 0 Å². The topological polar surface area (TPSA) is 36.3 Å². The second-order valence-electron chi connectivity index (χ2n) is 3.68. The Labute approximate surface area is 86.4 Å². The van der Waals surface area contributed by atoms with Gasteiger partial charge in [-0.25, -0.2) is 0 Å². The summed E-state index contributed by atoms with van der Waals surface area (Å²) in [5.41, 5.74) is 0. The van der Waals surface area contributed by atoms with E-state index < -0.39 is 12.1 Å². The molecule has 0 saturated carbocycles. The van der Waals surface area contributed by atoms with Gasteiger partial charge in [0.05, 0.1) is 12.7 Å². The van der Waals surface area contributed by atoms with E-state index in [1.54, 1.807) is 11.9 Å². The Morgan fingerprint density at radius 3 is 2.67 bits per heavy atom. The van der Waals surface area contributed by atoms with Gasteiger partial charge in [0.2, 0.25) is 0 Å². The molecule has 1 rings (SSSR count). The lowest BCUT2D eigenvalue weighted by Gasteiger charge is -2.25. The van der Waals surface area contributed by atoms with Gasteiger partial charge in [-0.3, -0.25) is 4.90 Å². The lowest BCUT2D eigenvalue weighted by Crippen LogP contribution is -2.40. The molecule has 0 aromatic carbocycles. The molecule has 1 saturated heterocycles. The van der Waals surface area contributed by atoms with Crippen LogP contribution in [0.5, 0.6) is 0 Å². The summed E-state index contributed by atoms with van der Waals surface area (Å²) in [4.78, 5) is 1.55. The van der Waals surface area contributed by atoms with Gasteiger partial charge in [0, 0.05) is 19.2 Å². The molecule has 1 aliphatic rings. The highest BCUT2D eigenvalue weighted by molar-refractivity contribution is 4.91. The Hall–Kier alpha value is -0.800. The molecular weight excluding hydrogens is 209 g/mol. The fraction of sp³-hybridized carbons (Fsp3) is 0.889. The highest BCUT2D eigenvalue weighted by Crippen LogP contribution is 2.27. The zero-order chi connectivity index (χ0) is 11.5. The van der Waals surface area contributed by atoms with Crippen molar-refractivity contribution in [2.45, 2.75) is 18.6 Å². The highest BCUT2D eigenvalue weighted by Gasteiger charge is 2.41. The molecule has 0 radical (unpaired) electrons. The molecule has 0 N–H and O–H groups in total. The van der Waals surface area contributed by atoms with Gasteiger partial charge >= 0.3 is 6.18 Å². The number of hydrogen-bond acceptors (Lipinski definition) is 3. The third-order valence-corrected chi connectivity index (χ3v) is 2.55. The minimum absolute atomic E-state index is 0.00296. The first-order valence-corrected chi connectivity index (χ1v) is 4.69. The number of likely N-dealkylation sites (N-methyl/N-ethyl adjacent to an activating group) is 1. The van der Waals surface area contributed by atoms with Gasteiger partial charge in [0.15, 0.2) is 5.92 Å². The highest BCUT2D eigenvalue weighted by atomic mass is 19.4. The Balaban J connectivity index is 2.48. The van der Waals surface area contributed by atoms with Crippen molar-refractivity contribution in [3.63, 3.8) is 0 Å². The van der Waals surface area contributed by atoms with Crippen LogP contribution in [0.25, 0.3) is 0 Å². The van der Waals surface area contributed by atoms with E-state index in [4.69, 9.17) is 10.00 Å². The van der Waals surface area contributed by atoms with Crippen LogP contribution in [0.4, 0.5) is 13.2 Å². The molecule has 0 amide bonds. The Morgan fingerprint density at radius 1 is 1.60 bits per heavy atom. The number of alkyl halides is 3. The molecule has 2 atom stereocenters. The minimum atomic E-state index is -4.44. The molecule has 86 valence electrons. The van der Waals surface area contributed by atoms with Crippen LogP contribution in [-0.4, -0.2) is 43.9 Å². The van der Waals surface area contributed by atoms with Crippen LogP contribution in [0.1, 0.15) is 6.42 Å². The van der Waals surface area contributed by atoms with E-state index in [-0.39, 0.29) is 12.6 Å². The number of nitrogens with zero attached hydrogens (tertiary/aromatic N) is 2. The lowest BCUT2D eigenvalue weighted by molar-refractivity contribution is -0.163. The van der Waals surface area contributed by atoms with Crippen molar-refractivity contribution >= 4 is 0 Å². The molecule has 0 aromatic heterocycles. The monoisotopic (exact) mass is 222 g/mol. The minimum Gasteiger partial charge on any atom is -0.380 e. The summed E-state index contributed by atoms with van der Waals surface area (Å²) in [6, 6.07) is 1.29. The normalized spacial score (nSPS) is 24.1. The SMILES string of the molecule is CN(CC(C#N)C(F)(F)F)C1CCOC1. The van der Waals surface area contributed by atoms with Gasteiger partial charge in [0.1, 0.15) is 0 Å². The number of nitriles is 1. The number of ether oxygens (including phenoxy) is 1. The van der Waals surface area contributed by atoms with Crippen molar-refractivity contribution in [2.75, 3.05) is 26.8 Å². The third kappa shape index (κ3) is 3.36. The number of rotatable bonds is 3. The van der Waals surface area contributed by atoms with Crippen LogP contribution in [0.2, 0.25) is 0 Å². The maximum absolute atomic E-state index is 12.3. The van der Waals surface area contributed by atoms with Gasteiger partial charge in [-0.15, -0.1) is 0 Å². The van der Waals surface area contributed by atoms with Crippen LogP contribution in [0.15, 0.2) is 0 Å². The average Bonchev–Trinajstić information content (AvgIpc) is 2.64. The molecule has 15 heavy (non-hydrogen) atoms. The van der Waals surface area contributed by atoms with Gasteiger partial charge < -0.3 is 4.74 Å². The first kappa shape index (κ1) is 12.3. The molecule has 1 fully saturated rings. The fourth-order valence-corrected chi connectivity index (χ4v) is 1.52. The van der Waals surface area contributed by atoms with Crippen molar-refractivity contribution in [3.8, 4) is 6.07 Å². The quantitative estimate of drug-likeness (QED) is 0.724. The summed E-state index contributed by atoms with van der Waals surface area (Å²) in [5.74, 6) is -1.91. The van der Waals surface area contributed by atoms with E-state index >= 15 is 0 Å². The zero-order valence-electron chi connectivity index (χ0n) is 8.42. The van der Waals surface area contributed by atoms with Gasteiger partial charge in [0.25, 0.3) is 0 Å². The van der Waals surface area contributed by atoms with Crippen LogP contribution in [0, 0.1) is 17.2 Å². The maximum Gasteiger partial charge on any atom is 0.405 e. The maximum atomic E-state index is 12.3. The largest absolute Gasteiger partial charge is 0.405 e. The van der Waals surface area contributed by atoms with Crippen molar-refractivity contribution in [3.05, 3.63) is 0 Å². The van der Waals surface area contributed by atoms with Gasteiger partial charge in [-0.1, -0.05) is 0 Å². The second kappa shape index (κ2) is 4.81. The summed E-state index contributed by atoms with van der Waals surface area (Å²) in [6.07, 6.45) is -3.71. The number of halogens is 3. The molecule has 1 heterocycles.